The zero-order chi connectivity index (χ0) is 15.1. The van der Waals surface area contributed by atoms with Gasteiger partial charge in [0.15, 0.2) is 0 Å². The Morgan fingerprint density at radius 3 is 3.14 bits per heavy atom. The normalized spacial score (nSPS) is 22.0. The highest BCUT2D eigenvalue weighted by molar-refractivity contribution is 7.99. The standard InChI is InChI=1S/C16H14N2O2S2/c17-6-3-7-18-15-14(22-16(18)19)13-10(9-21-15)8-20-12-5-2-1-4-11(12)13/h1-2,4-5,10,13H,3,7-9H2. The van der Waals surface area contributed by atoms with Crippen molar-refractivity contribution in [3.63, 3.8) is 0 Å². The minimum Gasteiger partial charge on any atom is -0.493 e. The molecule has 6 heteroatoms. The maximum atomic E-state index is 12.3. The zero-order valence-corrected chi connectivity index (χ0v) is 13.5. The van der Waals surface area contributed by atoms with E-state index in [0.717, 1.165) is 21.4 Å². The van der Waals surface area contributed by atoms with Crippen molar-refractivity contribution < 1.29 is 4.74 Å². The SMILES string of the molecule is N#CCCn1c2c(sc1=O)C1c3ccccc3OCC1CS2. The highest BCUT2D eigenvalue weighted by atomic mass is 32.2. The fourth-order valence-corrected chi connectivity index (χ4v) is 5.95. The smallest absolute Gasteiger partial charge is 0.308 e. The van der Waals surface area contributed by atoms with Crippen LogP contribution in [0.4, 0.5) is 0 Å². The first kappa shape index (κ1) is 13.9. The summed E-state index contributed by atoms with van der Waals surface area (Å²) < 4.78 is 7.65. The molecule has 2 aliphatic heterocycles. The molecule has 0 amide bonds. The number of hydrogen-bond acceptors (Lipinski definition) is 5. The van der Waals surface area contributed by atoms with Gasteiger partial charge < -0.3 is 4.74 Å². The first-order valence-electron chi connectivity index (χ1n) is 7.24. The number of hydrogen-bond donors (Lipinski definition) is 0. The van der Waals surface area contributed by atoms with Crippen molar-refractivity contribution in [2.24, 2.45) is 5.92 Å². The van der Waals surface area contributed by atoms with Gasteiger partial charge in [-0.15, -0.1) is 11.8 Å². The molecule has 0 fully saturated rings. The average Bonchev–Trinajstić information content (AvgIpc) is 2.88. The topological polar surface area (TPSA) is 55.0 Å². The second-order valence-electron chi connectivity index (χ2n) is 5.49. The summed E-state index contributed by atoms with van der Waals surface area (Å²) in [6, 6.07) is 10.3. The Labute approximate surface area is 136 Å². The van der Waals surface area contributed by atoms with E-state index in [1.807, 2.05) is 18.2 Å². The van der Waals surface area contributed by atoms with E-state index in [4.69, 9.17) is 10.00 Å². The Morgan fingerprint density at radius 2 is 2.27 bits per heavy atom. The van der Waals surface area contributed by atoms with Gasteiger partial charge in [-0.1, -0.05) is 29.5 Å². The summed E-state index contributed by atoms with van der Waals surface area (Å²) in [5.41, 5.74) is 1.19. The van der Waals surface area contributed by atoms with Gasteiger partial charge in [-0.05, 0) is 6.07 Å². The molecule has 4 rings (SSSR count). The number of aromatic nitrogens is 1. The lowest BCUT2D eigenvalue weighted by Gasteiger charge is -2.36. The molecule has 0 radical (unpaired) electrons. The molecule has 0 spiro atoms. The first-order valence-corrected chi connectivity index (χ1v) is 9.05. The molecule has 4 nitrogen and oxygen atoms in total. The Bertz CT molecular complexity index is 818. The Morgan fingerprint density at radius 1 is 1.41 bits per heavy atom. The van der Waals surface area contributed by atoms with Crippen molar-refractivity contribution in [3.05, 3.63) is 44.4 Å². The lowest BCUT2D eigenvalue weighted by atomic mass is 9.84. The summed E-state index contributed by atoms with van der Waals surface area (Å²) in [5, 5.41) is 9.85. The highest BCUT2D eigenvalue weighted by Gasteiger charge is 2.39. The van der Waals surface area contributed by atoms with Crippen LogP contribution in [0, 0.1) is 17.2 Å². The van der Waals surface area contributed by atoms with E-state index in [1.54, 1.807) is 16.3 Å². The molecule has 0 saturated heterocycles. The number of benzene rings is 1. The Balaban J connectivity index is 1.84. The van der Waals surface area contributed by atoms with Gasteiger partial charge in [-0.3, -0.25) is 9.36 Å². The van der Waals surface area contributed by atoms with Gasteiger partial charge in [0, 0.05) is 34.6 Å². The van der Waals surface area contributed by atoms with Crippen molar-refractivity contribution in [2.75, 3.05) is 12.4 Å². The molecule has 1 aromatic heterocycles. The van der Waals surface area contributed by atoms with E-state index >= 15 is 0 Å². The number of rotatable bonds is 2. The average molecular weight is 330 g/mol. The molecule has 0 N–H and O–H groups in total. The van der Waals surface area contributed by atoms with Gasteiger partial charge in [0.25, 0.3) is 0 Å². The summed E-state index contributed by atoms with van der Waals surface area (Å²) in [7, 11) is 0. The molecule has 0 aliphatic carbocycles. The maximum absolute atomic E-state index is 12.3. The summed E-state index contributed by atoms with van der Waals surface area (Å²) in [5.74, 6) is 2.55. The third-order valence-electron chi connectivity index (χ3n) is 4.22. The van der Waals surface area contributed by atoms with Crippen molar-refractivity contribution in [1.29, 1.82) is 5.26 Å². The van der Waals surface area contributed by atoms with Gasteiger partial charge in [0.05, 0.1) is 24.1 Å². The van der Waals surface area contributed by atoms with Crippen molar-refractivity contribution in [3.8, 4) is 11.8 Å². The summed E-state index contributed by atoms with van der Waals surface area (Å²) in [6.45, 7) is 1.20. The number of thioether (sulfide) groups is 1. The molecule has 2 aliphatic rings. The predicted molar refractivity (Wildman–Crippen MR) is 86.8 cm³/mol. The molecule has 112 valence electrons. The van der Waals surface area contributed by atoms with Crippen molar-refractivity contribution >= 4 is 23.1 Å². The largest absolute Gasteiger partial charge is 0.493 e. The molecule has 0 saturated carbocycles. The van der Waals surface area contributed by atoms with Crippen LogP contribution in [0.25, 0.3) is 0 Å². The second-order valence-corrected chi connectivity index (χ2v) is 7.50. The summed E-state index contributed by atoms with van der Waals surface area (Å²) >= 11 is 3.07. The minimum atomic E-state index is 0.0531. The van der Waals surface area contributed by atoms with Crippen LogP contribution in [0.15, 0.2) is 34.1 Å². The lowest BCUT2D eigenvalue weighted by Crippen LogP contribution is -2.31. The molecule has 3 heterocycles. The highest BCUT2D eigenvalue weighted by Crippen LogP contribution is 2.50. The summed E-state index contributed by atoms with van der Waals surface area (Å²) in [4.78, 5) is 13.5. The second kappa shape index (κ2) is 5.49. The number of nitriles is 1. The van der Waals surface area contributed by atoms with Crippen LogP contribution in [-0.2, 0) is 6.54 Å². The maximum Gasteiger partial charge on any atom is 0.308 e. The third-order valence-corrected chi connectivity index (χ3v) is 6.72. The van der Waals surface area contributed by atoms with Gasteiger partial charge in [0.1, 0.15) is 5.75 Å². The molecular formula is C16H14N2O2S2. The molecule has 0 bridgehead atoms. The fourth-order valence-electron chi connectivity index (χ4n) is 3.21. The van der Waals surface area contributed by atoms with E-state index < -0.39 is 0 Å². The van der Waals surface area contributed by atoms with Crippen LogP contribution < -0.4 is 9.61 Å². The van der Waals surface area contributed by atoms with Gasteiger partial charge >= 0.3 is 4.87 Å². The predicted octanol–water partition coefficient (Wildman–Crippen LogP) is 3.07. The lowest BCUT2D eigenvalue weighted by molar-refractivity contribution is 0.219. The van der Waals surface area contributed by atoms with Gasteiger partial charge in [-0.25, -0.2) is 0 Å². The van der Waals surface area contributed by atoms with Crippen molar-refractivity contribution in [2.45, 2.75) is 23.9 Å². The number of fused-ring (bicyclic) bond motifs is 5. The number of thiazole rings is 1. The number of nitrogens with zero attached hydrogens (tertiary/aromatic N) is 2. The molecular weight excluding hydrogens is 316 g/mol. The first-order chi connectivity index (χ1) is 10.8. The molecule has 22 heavy (non-hydrogen) atoms. The molecule has 2 unspecified atom stereocenters. The van der Waals surface area contributed by atoms with Crippen LogP contribution in [0.5, 0.6) is 5.75 Å². The van der Waals surface area contributed by atoms with Crippen molar-refractivity contribution in [1.82, 2.24) is 4.57 Å². The monoisotopic (exact) mass is 330 g/mol. The van der Waals surface area contributed by atoms with Crippen LogP contribution in [-0.4, -0.2) is 16.9 Å². The molecule has 2 atom stereocenters. The Kier molecular flexibility index (Phi) is 3.47. The fraction of sp³-hybridized carbons (Fsp3) is 0.375. The van der Waals surface area contributed by atoms with E-state index in [-0.39, 0.29) is 10.8 Å². The van der Waals surface area contributed by atoms with Crippen LogP contribution in [0.3, 0.4) is 0 Å². The number of ether oxygens (including phenoxy) is 1. The molecule has 1 aromatic carbocycles. The number of para-hydroxylation sites is 1. The van der Waals surface area contributed by atoms with Crippen LogP contribution in [0.1, 0.15) is 22.8 Å². The van der Waals surface area contributed by atoms with E-state index in [2.05, 4.69) is 12.1 Å². The molecule has 2 aromatic rings. The Hall–Kier alpha value is -1.71. The van der Waals surface area contributed by atoms with Gasteiger partial charge in [0.2, 0.25) is 0 Å². The summed E-state index contributed by atoms with van der Waals surface area (Å²) in [6.07, 6.45) is 0.372. The van der Waals surface area contributed by atoms with E-state index in [9.17, 15) is 4.79 Å². The van der Waals surface area contributed by atoms with Crippen LogP contribution >= 0.6 is 23.1 Å². The third kappa shape index (κ3) is 2.08. The minimum absolute atomic E-state index is 0.0531. The van der Waals surface area contributed by atoms with E-state index in [1.165, 1.54) is 16.9 Å². The van der Waals surface area contributed by atoms with E-state index in [0.29, 0.717) is 25.5 Å². The quantitative estimate of drug-likeness (QED) is 0.849. The van der Waals surface area contributed by atoms with Gasteiger partial charge in [-0.2, -0.15) is 5.26 Å². The zero-order valence-electron chi connectivity index (χ0n) is 11.8. The van der Waals surface area contributed by atoms with Crippen LogP contribution in [0.2, 0.25) is 0 Å².